The number of esters is 1. The molecule has 11 nitrogen and oxygen atoms in total. The summed E-state index contributed by atoms with van der Waals surface area (Å²) < 4.78 is 16.5. The lowest BCUT2D eigenvalue weighted by Gasteiger charge is -2.45. The normalized spacial score (nSPS) is 27.5. The largest absolute Gasteiger partial charge is 0.504 e. The minimum atomic E-state index is -1.55. The van der Waals surface area contributed by atoms with Crippen LogP contribution in [0, 0.1) is 13.8 Å². The van der Waals surface area contributed by atoms with Gasteiger partial charge in [-0.25, -0.2) is 4.79 Å². The first-order valence-electron chi connectivity index (χ1n) is 12.7. The molecule has 0 unspecified atom stereocenters. The first-order valence-corrected chi connectivity index (χ1v) is 12.7. The fraction of sp³-hybridized carbons (Fsp3) is 0.519. The Morgan fingerprint density at radius 3 is 2.39 bits per heavy atom. The van der Waals surface area contributed by atoms with Gasteiger partial charge in [-0.1, -0.05) is 17.7 Å². The number of anilines is 1. The third-order valence-electron chi connectivity index (χ3n) is 7.79. The Morgan fingerprint density at radius 1 is 1.05 bits per heavy atom. The molecule has 0 amide bonds. The van der Waals surface area contributed by atoms with Crippen LogP contribution in [0.3, 0.4) is 0 Å². The molecule has 38 heavy (non-hydrogen) atoms. The predicted octanol–water partition coefficient (Wildman–Crippen LogP) is 0.738. The zero-order valence-corrected chi connectivity index (χ0v) is 21.6. The first-order chi connectivity index (χ1) is 18.2. The Bertz CT molecular complexity index is 1230. The Labute approximate surface area is 220 Å². The van der Waals surface area contributed by atoms with Crippen molar-refractivity contribution in [3.63, 3.8) is 0 Å². The summed E-state index contributed by atoms with van der Waals surface area (Å²) in [6.07, 6.45) is -6.72. The van der Waals surface area contributed by atoms with Gasteiger partial charge in [-0.3, -0.25) is 4.90 Å². The summed E-state index contributed by atoms with van der Waals surface area (Å²) >= 11 is 0. The second-order valence-corrected chi connectivity index (χ2v) is 10.2. The van der Waals surface area contributed by atoms with Crippen LogP contribution in [0.5, 0.6) is 17.2 Å². The number of hydrogen-bond donors (Lipinski definition) is 5. The number of carbonyl (C=O) groups is 1. The average Bonchev–Trinajstić information content (AvgIpc) is 2.89. The van der Waals surface area contributed by atoms with Crippen LogP contribution in [0.15, 0.2) is 18.2 Å². The number of aliphatic hydroxyl groups excluding tert-OH is 3. The highest BCUT2D eigenvalue weighted by molar-refractivity contribution is 5.97. The summed E-state index contributed by atoms with van der Waals surface area (Å²) in [5, 5.41) is 52.6. The van der Waals surface area contributed by atoms with Gasteiger partial charge in [0.05, 0.1) is 19.3 Å². The summed E-state index contributed by atoms with van der Waals surface area (Å²) in [5.41, 5.74) is 3.71. The number of ether oxygens (including phenoxy) is 3. The van der Waals surface area contributed by atoms with E-state index in [-0.39, 0.29) is 34.7 Å². The topological polar surface area (TPSA) is 152 Å². The molecule has 0 aliphatic carbocycles. The van der Waals surface area contributed by atoms with Gasteiger partial charge in [0.15, 0.2) is 17.6 Å². The minimum absolute atomic E-state index is 0.00536. The van der Waals surface area contributed by atoms with E-state index in [9.17, 15) is 30.3 Å². The Morgan fingerprint density at radius 2 is 1.76 bits per heavy atom. The molecule has 3 aliphatic heterocycles. The molecule has 0 radical (unpaired) electrons. The molecule has 0 spiro atoms. The van der Waals surface area contributed by atoms with Gasteiger partial charge in [-0.15, -0.1) is 0 Å². The lowest BCUT2D eigenvalue weighted by molar-refractivity contribution is -0.235. The Kier molecular flexibility index (Phi) is 7.14. The van der Waals surface area contributed by atoms with E-state index < -0.39 is 48.8 Å². The van der Waals surface area contributed by atoms with Crippen molar-refractivity contribution in [3.05, 3.63) is 46.0 Å². The molecule has 5 rings (SSSR count). The molecule has 206 valence electrons. The standard InChI is InChI=1S/C27H34N2O9/c1-13-4-5-16(14(2)10-13)29-8-6-28(7-9-29)11-15-18-19(22(33)25(36-3)20(15)31)24-26(38-27(18)35)23(34)21(32)17(12-30)37-24/h4-5,10,17,21,23-24,26,30-34H,6-9,11-12H2,1-3H3/t17-,21-,23+,24-,26-/m1/s1. The number of rotatable bonds is 5. The highest BCUT2D eigenvalue weighted by atomic mass is 16.6. The molecule has 3 aliphatic rings. The molecular formula is C27H34N2O9. The molecule has 2 aromatic rings. The van der Waals surface area contributed by atoms with Crippen LogP contribution in [0.4, 0.5) is 5.69 Å². The zero-order valence-electron chi connectivity index (χ0n) is 21.6. The molecule has 0 saturated carbocycles. The minimum Gasteiger partial charge on any atom is -0.504 e. The quantitative estimate of drug-likeness (QED) is 0.348. The zero-order chi connectivity index (χ0) is 27.3. The summed E-state index contributed by atoms with van der Waals surface area (Å²) in [7, 11) is 1.28. The summed E-state index contributed by atoms with van der Waals surface area (Å²) in [5.74, 6) is -2.00. The molecule has 2 fully saturated rings. The average molecular weight is 531 g/mol. The van der Waals surface area contributed by atoms with Gasteiger partial charge in [0.25, 0.3) is 0 Å². The maximum Gasteiger partial charge on any atom is 0.339 e. The highest BCUT2D eigenvalue weighted by Gasteiger charge is 2.53. The summed E-state index contributed by atoms with van der Waals surface area (Å²) in [6, 6.07) is 6.36. The molecule has 5 atom stereocenters. The number of aromatic hydroxyl groups is 2. The van der Waals surface area contributed by atoms with Crippen molar-refractivity contribution in [1.82, 2.24) is 4.90 Å². The molecule has 2 aromatic carbocycles. The van der Waals surface area contributed by atoms with Crippen LogP contribution in [0.25, 0.3) is 0 Å². The van der Waals surface area contributed by atoms with E-state index in [1.807, 2.05) is 0 Å². The van der Waals surface area contributed by atoms with Crippen LogP contribution in [-0.4, -0.2) is 101 Å². The number of piperazine rings is 1. The van der Waals surface area contributed by atoms with E-state index in [4.69, 9.17) is 14.2 Å². The molecule has 5 N–H and O–H groups in total. The highest BCUT2D eigenvalue weighted by Crippen LogP contribution is 2.52. The van der Waals surface area contributed by atoms with Gasteiger partial charge < -0.3 is 44.6 Å². The van der Waals surface area contributed by atoms with Gasteiger partial charge in [0.1, 0.15) is 24.4 Å². The predicted molar refractivity (Wildman–Crippen MR) is 136 cm³/mol. The van der Waals surface area contributed by atoms with Gasteiger partial charge >= 0.3 is 5.97 Å². The number of methoxy groups -OCH3 is 1. The van der Waals surface area contributed by atoms with E-state index in [2.05, 4.69) is 41.8 Å². The number of hydrogen-bond acceptors (Lipinski definition) is 11. The molecule has 3 heterocycles. The number of aliphatic hydroxyl groups is 3. The maximum absolute atomic E-state index is 13.2. The van der Waals surface area contributed by atoms with E-state index >= 15 is 0 Å². The van der Waals surface area contributed by atoms with Crippen molar-refractivity contribution in [2.45, 2.75) is 50.9 Å². The van der Waals surface area contributed by atoms with Crippen molar-refractivity contribution in [3.8, 4) is 17.2 Å². The third kappa shape index (κ3) is 4.34. The fourth-order valence-electron chi connectivity index (χ4n) is 5.80. The summed E-state index contributed by atoms with van der Waals surface area (Å²) in [6.45, 7) is 6.51. The van der Waals surface area contributed by atoms with Gasteiger partial charge in [0, 0.05) is 49.5 Å². The van der Waals surface area contributed by atoms with Crippen molar-refractivity contribution in [1.29, 1.82) is 0 Å². The number of carbonyl (C=O) groups excluding carboxylic acids is 1. The van der Waals surface area contributed by atoms with Crippen molar-refractivity contribution < 1.29 is 44.5 Å². The number of phenols is 2. The van der Waals surface area contributed by atoms with Crippen LogP contribution in [0.1, 0.15) is 38.7 Å². The van der Waals surface area contributed by atoms with Crippen molar-refractivity contribution in [2.75, 3.05) is 44.8 Å². The van der Waals surface area contributed by atoms with E-state index in [1.54, 1.807) is 0 Å². The number of phenolic OH excluding ortho intramolecular Hbond substituents is 2. The van der Waals surface area contributed by atoms with Crippen LogP contribution < -0.4 is 9.64 Å². The fourth-order valence-corrected chi connectivity index (χ4v) is 5.80. The Hall–Kier alpha value is -3.09. The van der Waals surface area contributed by atoms with Crippen LogP contribution in [0.2, 0.25) is 0 Å². The van der Waals surface area contributed by atoms with Crippen LogP contribution >= 0.6 is 0 Å². The first kappa shape index (κ1) is 26.5. The second-order valence-electron chi connectivity index (χ2n) is 10.2. The molecule has 2 saturated heterocycles. The van der Waals surface area contributed by atoms with E-state index in [1.165, 1.54) is 23.9 Å². The third-order valence-corrected chi connectivity index (χ3v) is 7.79. The molecular weight excluding hydrogens is 496 g/mol. The number of benzene rings is 2. The monoisotopic (exact) mass is 530 g/mol. The summed E-state index contributed by atoms with van der Waals surface area (Å²) in [4.78, 5) is 17.6. The maximum atomic E-state index is 13.2. The van der Waals surface area contributed by atoms with Gasteiger partial charge in [0.2, 0.25) is 5.75 Å². The van der Waals surface area contributed by atoms with E-state index in [0.717, 1.165) is 13.1 Å². The van der Waals surface area contributed by atoms with E-state index in [0.29, 0.717) is 13.1 Å². The molecule has 11 heteroatoms. The number of fused-ring (bicyclic) bond motifs is 3. The second kappa shape index (κ2) is 10.2. The van der Waals surface area contributed by atoms with Gasteiger partial charge in [-0.05, 0) is 25.5 Å². The number of aryl methyl sites for hydroxylation is 2. The van der Waals surface area contributed by atoms with Crippen molar-refractivity contribution >= 4 is 11.7 Å². The van der Waals surface area contributed by atoms with Crippen molar-refractivity contribution in [2.24, 2.45) is 0 Å². The smallest absolute Gasteiger partial charge is 0.339 e. The van der Waals surface area contributed by atoms with Crippen LogP contribution in [-0.2, 0) is 16.0 Å². The molecule has 0 bridgehead atoms. The SMILES string of the molecule is COc1c(O)c(CN2CCN(c3ccc(C)cc3C)CC2)c2c(c1O)[C@H]1O[C@H](CO)[C@@H](O)[C@H](O)[C@H]1OC2=O. The lowest BCUT2D eigenvalue weighted by Crippen LogP contribution is -2.58. The molecule has 0 aromatic heterocycles. The van der Waals surface area contributed by atoms with Gasteiger partial charge in [-0.2, -0.15) is 0 Å². The Balaban J connectivity index is 1.46. The number of nitrogens with zero attached hydrogens (tertiary/aromatic N) is 2. The lowest BCUT2D eigenvalue weighted by atomic mass is 9.84.